The Morgan fingerprint density at radius 3 is 2.43 bits per heavy atom. The lowest BCUT2D eigenvalue weighted by Crippen LogP contribution is -1.58. The van der Waals surface area contributed by atoms with Crippen LogP contribution < -0.4 is 0 Å². The van der Waals surface area contributed by atoms with E-state index in [1.54, 1.807) is 0 Å². The summed E-state index contributed by atoms with van der Waals surface area (Å²) in [4.78, 5) is 0. The van der Waals surface area contributed by atoms with Crippen LogP contribution in [0.4, 0.5) is 0 Å². The summed E-state index contributed by atoms with van der Waals surface area (Å²) in [7, 11) is 0. The molecule has 0 amide bonds. The van der Waals surface area contributed by atoms with Crippen molar-refractivity contribution in [1.82, 2.24) is 0 Å². The van der Waals surface area contributed by atoms with Gasteiger partial charge in [-0.2, -0.15) is 0 Å². The summed E-state index contributed by atoms with van der Waals surface area (Å²) in [6.07, 6.45) is 7.56. The topological polar surface area (TPSA) is 0 Å². The lowest BCUT2D eigenvalue weighted by atomic mass is 10.3. The Balaban J connectivity index is 0.000000360. The highest BCUT2D eigenvalue weighted by Gasteiger charge is 1.86. The monoisotopic (exact) mass is 110 g/mol. The van der Waals surface area contributed by atoms with Crippen molar-refractivity contribution in [1.29, 1.82) is 0 Å². The van der Waals surface area contributed by atoms with Crippen LogP contribution >= 0.6 is 0 Å². The standard InChI is InChI=1S/C6H8.Al.3H/c1-6-4-2-3-5-6;;;;/h2-4H,5H2,1H3;;;;. The summed E-state index contributed by atoms with van der Waals surface area (Å²) in [5, 5.41) is 0. The molecule has 0 spiro atoms. The van der Waals surface area contributed by atoms with Crippen molar-refractivity contribution < 1.29 is 0 Å². The third-order valence-electron chi connectivity index (χ3n) is 0.957. The van der Waals surface area contributed by atoms with Gasteiger partial charge < -0.3 is 0 Å². The van der Waals surface area contributed by atoms with Crippen LogP contribution in [0.15, 0.2) is 23.8 Å². The molecule has 0 N–H and O–H groups in total. The number of hydrogen-bond donors (Lipinski definition) is 0. The van der Waals surface area contributed by atoms with E-state index in [2.05, 4.69) is 25.2 Å². The Bertz CT molecular complexity index is 101. The van der Waals surface area contributed by atoms with Crippen LogP contribution in [-0.2, 0) is 0 Å². The van der Waals surface area contributed by atoms with Crippen LogP contribution in [0.3, 0.4) is 0 Å². The fourth-order valence-corrected chi connectivity index (χ4v) is 0.554. The van der Waals surface area contributed by atoms with Gasteiger partial charge in [0.1, 0.15) is 0 Å². The zero-order valence-corrected chi connectivity index (χ0v) is 3.94. The SMILES string of the molecule is CC1=CC=CC1.[AlH3]. The average Bonchev–Trinajstić information content (AvgIpc) is 1.86. The smallest absolute Gasteiger partial charge is 0.0805 e. The molecule has 0 heterocycles. The van der Waals surface area contributed by atoms with Crippen molar-refractivity contribution in [2.24, 2.45) is 0 Å². The van der Waals surface area contributed by atoms with Crippen molar-refractivity contribution in [3.63, 3.8) is 0 Å². The van der Waals surface area contributed by atoms with E-state index in [1.165, 1.54) is 12.0 Å². The third-order valence-corrected chi connectivity index (χ3v) is 0.957. The molecule has 0 aromatic rings. The molecule has 38 valence electrons. The van der Waals surface area contributed by atoms with Crippen molar-refractivity contribution in [2.75, 3.05) is 0 Å². The van der Waals surface area contributed by atoms with E-state index in [4.69, 9.17) is 0 Å². The molecular formula is C6H11Al. The Labute approximate surface area is 55.1 Å². The minimum absolute atomic E-state index is 0. The summed E-state index contributed by atoms with van der Waals surface area (Å²) in [6.45, 7) is 2.14. The predicted molar refractivity (Wildman–Crippen MR) is 37.5 cm³/mol. The molecule has 0 saturated heterocycles. The second-order valence-electron chi connectivity index (χ2n) is 1.65. The largest absolute Gasteiger partial charge is 0.187 e. The van der Waals surface area contributed by atoms with Crippen LogP contribution in [0.2, 0.25) is 0 Å². The summed E-state index contributed by atoms with van der Waals surface area (Å²) in [5.74, 6) is 0. The van der Waals surface area contributed by atoms with Gasteiger partial charge in [0.2, 0.25) is 0 Å². The molecule has 0 atom stereocenters. The molecule has 0 aromatic carbocycles. The number of allylic oxidation sites excluding steroid dienone is 4. The minimum Gasteiger partial charge on any atom is -0.0805 e. The molecule has 0 radical (unpaired) electrons. The lowest BCUT2D eigenvalue weighted by molar-refractivity contribution is 1.25. The van der Waals surface area contributed by atoms with E-state index in [1.807, 2.05) is 0 Å². The van der Waals surface area contributed by atoms with Crippen molar-refractivity contribution >= 4 is 17.4 Å². The van der Waals surface area contributed by atoms with Gasteiger partial charge in [0.25, 0.3) is 0 Å². The first-order valence-corrected chi connectivity index (χ1v) is 2.22. The van der Waals surface area contributed by atoms with E-state index >= 15 is 0 Å². The molecule has 0 fully saturated rings. The second kappa shape index (κ2) is 3.07. The molecule has 0 saturated carbocycles. The second-order valence-corrected chi connectivity index (χ2v) is 1.65. The number of rotatable bonds is 0. The Kier molecular flexibility index (Phi) is 3.08. The quantitative estimate of drug-likeness (QED) is 0.403. The van der Waals surface area contributed by atoms with E-state index < -0.39 is 0 Å². The van der Waals surface area contributed by atoms with Gasteiger partial charge in [0.05, 0.1) is 0 Å². The molecule has 1 aliphatic rings. The van der Waals surface area contributed by atoms with Crippen LogP contribution in [0, 0.1) is 0 Å². The normalized spacial score (nSPS) is 15.9. The summed E-state index contributed by atoms with van der Waals surface area (Å²) >= 11 is 0. The molecular weight excluding hydrogens is 99.0 g/mol. The molecule has 0 aliphatic heterocycles. The predicted octanol–water partition coefficient (Wildman–Crippen LogP) is 0.709. The van der Waals surface area contributed by atoms with Gasteiger partial charge in [0, 0.05) is 0 Å². The highest BCUT2D eigenvalue weighted by Crippen LogP contribution is 2.06. The first-order chi connectivity index (χ1) is 2.89. The van der Waals surface area contributed by atoms with Crippen molar-refractivity contribution in [3.05, 3.63) is 23.8 Å². The first kappa shape index (κ1) is 7.01. The van der Waals surface area contributed by atoms with Crippen LogP contribution in [-0.4, -0.2) is 17.4 Å². The molecule has 1 aliphatic carbocycles. The van der Waals surface area contributed by atoms with Gasteiger partial charge in [-0.1, -0.05) is 23.8 Å². The van der Waals surface area contributed by atoms with E-state index in [9.17, 15) is 0 Å². The van der Waals surface area contributed by atoms with E-state index in [0.29, 0.717) is 0 Å². The first-order valence-electron chi connectivity index (χ1n) is 2.22. The Hall–Kier alpha value is 0.0125. The van der Waals surface area contributed by atoms with Gasteiger partial charge in [-0.25, -0.2) is 0 Å². The maximum atomic E-state index is 2.16. The molecule has 1 rings (SSSR count). The zero-order chi connectivity index (χ0) is 4.41. The van der Waals surface area contributed by atoms with Crippen molar-refractivity contribution in [2.45, 2.75) is 13.3 Å². The van der Waals surface area contributed by atoms with Gasteiger partial charge in [-0.05, 0) is 13.3 Å². The average molecular weight is 110 g/mol. The summed E-state index contributed by atoms with van der Waals surface area (Å²) in [6, 6.07) is 0. The van der Waals surface area contributed by atoms with Gasteiger partial charge in [0.15, 0.2) is 17.4 Å². The molecule has 0 aromatic heterocycles. The Morgan fingerprint density at radius 2 is 2.29 bits per heavy atom. The molecule has 0 unspecified atom stereocenters. The third kappa shape index (κ3) is 1.97. The van der Waals surface area contributed by atoms with Gasteiger partial charge >= 0.3 is 0 Å². The molecule has 7 heavy (non-hydrogen) atoms. The highest BCUT2D eigenvalue weighted by atomic mass is 27.0. The summed E-state index contributed by atoms with van der Waals surface area (Å²) in [5.41, 5.74) is 1.47. The molecule has 0 nitrogen and oxygen atoms in total. The fourth-order valence-electron chi connectivity index (χ4n) is 0.554. The van der Waals surface area contributed by atoms with Crippen LogP contribution in [0.5, 0.6) is 0 Å². The van der Waals surface area contributed by atoms with E-state index in [0.717, 1.165) is 0 Å². The maximum absolute atomic E-state index is 2.16. The van der Waals surface area contributed by atoms with Crippen molar-refractivity contribution in [3.8, 4) is 0 Å². The van der Waals surface area contributed by atoms with Gasteiger partial charge in [-0.15, -0.1) is 0 Å². The minimum atomic E-state index is 0. The van der Waals surface area contributed by atoms with E-state index in [-0.39, 0.29) is 17.4 Å². The number of hydrogen-bond acceptors (Lipinski definition) is 0. The summed E-state index contributed by atoms with van der Waals surface area (Å²) < 4.78 is 0. The zero-order valence-electron chi connectivity index (χ0n) is 3.94. The molecule has 1 heteroatoms. The maximum Gasteiger partial charge on any atom is 0.187 e. The highest BCUT2D eigenvalue weighted by molar-refractivity contribution is 5.75. The lowest BCUT2D eigenvalue weighted by Gasteiger charge is -1.78. The van der Waals surface area contributed by atoms with Crippen LogP contribution in [0.1, 0.15) is 13.3 Å². The Morgan fingerprint density at radius 1 is 1.57 bits per heavy atom. The fraction of sp³-hybridized carbons (Fsp3) is 0.333. The van der Waals surface area contributed by atoms with Crippen LogP contribution in [0.25, 0.3) is 0 Å². The molecule has 0 bridgehead atoms. The van der Waals surface area contributed by atoms with Gasteiger partial charge in [-0.3, -0.25) is 0 Å².